The molecule has 0 fully saturated rings. The van der Waals surface area contributed by atoms with Crippen LogP contribution in [0, 0.1) is 0 Å². The third-order valence-electron chi connectivity index (χ3n) is 4.25. The average molecular weight is 354 g/mol. The van der Waals surface area contributed by atoms with Crippen molar-refractivity contribution < 1.29 is 14.3 Å². The Hall–Kier alpha value is -2.82. The molecule has 2 rings (SSSR count). The number of anilines is 1. The molecule has 0 aliphatic rings. The monoisotopic (exact) mass is 354 g/mol. The van der Waals surface area contributed by atoms with Crippen LogP contribution in [0.1, 0.15) is 31.4 Å². The van der Waals surface area contributed by atoms with Crippen LogP contribution in [0.15, 0.2) is 48.5 Å². The van der Waals surface area contributed by atoms with Crippen molar-refractivity contribution in [1.29, 1.82) is 0 Å². The minimum absolute atomic E-state index is 0.0731. The van der Waals surface area contributed by atoms with Crippen LogP contribution >= 0.6 is 0 Å². The third-order valence-corrected chi connectivity index (χ3v) is 4.25. The maximum Gasteiger partial charge on any atom is 0.226 e. The number of rotatable bonds is 8. The van der Waals surface area contributed by atoms with E-state index in [1.807, 2.05) is 48.5 Å². The zero-order chi connectivity index (χ0) is 18.9. The maximum atomic E-state index is 12.2. The molecule has 0 aliphatic heterocycles. The van der Waals surface area contributed by atoms with Crippen molar-refractivity contribution in [2.75, 3.05) is 19.0 Å². The number of hydrogen-bond acceptors (Lipinski definition) is 3. The molecule has 0 radical (unpaired) electrons. The van der Waals surface area contributed by atoms with E-state index >= 15 is 0 Å². The quantitative estimate of drug-likeness (QED) is 0.787. The number of nitrogens with zero attached hydrogens (tertiary/aromatic N) is 1. The number of para-hydroxylation sites is 1. The second-order valence-electron chi connectivity index (χ2n) is 6.10. The number of benzene rings is 2. The Morgan fingerprint density at radius 2 is 1.77 bits per heavy atom. The summed E-state index contributed by atoms with van der Waals surface area (Å²) in [7, 11) is 1.61. The highest BCUT2D eigenvalue weighted by atomic mass is 16.5. The van der Waals surface area contributed by atoms with Gasteiger partial charge in [0.2, 0.25) is 11.8 Å². The Labute approximate surface area is 155 Å². The zero-order valence-electron chi connectivity index (χ0n) is 15.6. The van der Waals surface area contributed by atoms with Crippen molar-refractivity contribution in [3.05, 3.63) is 59.7 Å². The van der Waals surface area contributed by atoms with Crippen molar-refractivity contribution in [2.24, 2.45) is 0 Å². The maximum absolute atomic E-state index is 12.2. The Balaban J connectivity index is 1.92. The lowest BCUT2D eigenvalue weighted by Gasteiger charge is -2.22. The summed E-state index contributed by atoms with van der Waals surface area (Å²) in [6.07, 6.45) is 1.20. The highest BCUT2D eigenvalue weighted by Crippen LogP contribution is 2.19. The van der Waals surface area contributed by atoms with Crippen LogP contribution in [0.2, 0.25) is 0 Å². The van der Waals surface area contributed by atoms with Crippen molar-refractivity contribution in [3.63, 3.8) is 0 Å². The van der Waals surface area contributed by atoms with Crippen molar-refractivity contribution in [1.82, 2.24) is 4.90 Å². The largest absolute Gasteiger partial charge is 0.496 e. The summed E-state index contributed by atoms with van der Waals surface area (Å²) in [5.74, 6) is 0.552. The van der Waals surface area contributed by atoms with Crippen molar-refractivity contribution in [3.8, 4) is 5.75 Å². The summed E-state index contributed by atoms with van der Waals surface area (Å²) in [5, 5.41) is 2.87. The van der Waals surface area contributed by atoms with E-state index in [4.69, 9.17) is 4.74 Å². The van der Waals surface area contributed by atoms with E-state index in [0.29, 0.717) is 13.1 Å². The second kappa shape index (κ2) is 9.61. The lowest BCUT2D eigenvalue weighted by molar-refractivity contribution is -0.129. The minimum Gasteiger partial charge on any atom is -0.496 e. The van der Waals surface area contributed by atoms with E-state index in [2.05, 4.69) is 12.2 Å². The molecule has 2 aromatic carbocycles. The molecule has 0 unspecified atom stereocenters. The number of ether oxygens (including phenoxy) is 1. The third kappa shape index (κ3) is 5.62. The normalized spacial score (nSPS) is 10.3. The summed E-state index contributed by atoms with van der Waals surface area (Å²) in [6.45, 7) is 4.37. The van der Waals surface area contributed by atoms with Gasteiger partial charge in [-0.1, -0.05) is 37.3 Å². The molecule has 2 amide bonds. The lowest BCUT2D eigenvalue weighted by Crippen LogP contribution is -2.31. The van der Waals surface area contributed by atoms with Crippen LogP contribution in [0.5, 0.6) is 5.75 Å². The molecular weight excluding hydrogens is 328 g/mol. The fourth-order valence-electron chi connectivity index (χ4n) is 2.67. The molecule has 0 aromatic heterocycles. The number of methoxy groups -OCH3 is 1. The Bertz CT molecular complexity index is 741. The summed E-state index contributed by atoms with van der Waals surface area (Å²) >= 11 is 0. The smallest absolute Gasteiger partial charge is 0.226 e. The molecule has 1 N–H and O–H groups in total. The van der Waals surface area contributed by atoms with Crippen molar-refractivity contribution >= 4 is 17.5 Å². The Morgan fingerprint density at radius 1 is 1.08 bits per heavy atom. The summed E-state index contributed by atoms with van der Waals surface area (Å²) in [5.41, 5.74) is 2.91. The van der Waals surface area contributed by atoms with Crippen LogP contribution in [0.25, 0.3) is 0 Å². The predicted molar refractivity (Wildman–Crippen MR) is 103 cm³/mol. The standard InChI is InChI=1S/C21H26N2O3/c1-4-17-9-11-19(12-10-17)22-21(25)13-14-23(16(2)24)15-18-7-5-6-8-20(18)26-3/h5-12H,4,13-15H2,1-3H3,(H,22,25). The highest BCUT2D eigenvalue weighted by Gasteiger charge is 2.14. The molecule has 2 aromatic rings. The van der Waals surface area contributed by atoms with Crippen LogP contribution in [-0.4, -0.2) is 30.4 Å². The zero-order valence-corrected chi connectivity index (χ0v) is 15.6. The lowest BCUT2D eigenvalue weighted by atomic mass is 10.1. The van der Waals surface area contributed by atoms with E-state index in [-0.39, 0.29) is 18.2 Å². The van der Waals surface area contributed by atoms with Crippen LogP contribution in [-0.2, 0) is 22.6 Å². The second-order valence-corrected chi connectivity index (χ2v) is 6.10. The predicted octanol–water partition coefficient (Wildman–Crippen LogP) is 3.63. The summed E-state index contributed by atoms with van der Waals surface area (Å²) in [4.78, 5) is 25.8. The first-order valence-corrected chi connectivity index (χ1v) is 8.79. The number of hydrogen-bond donors (Lipinski definition) is 1. The number of amides is 2. The molecule has 0 aliphatic carbocycles. The first kappa shape index (κ1) is 19.5. The van der Waals surface area contributed by atoms with Gasteiger partial charge in [0.15, 0.2) is 0 Å². The van der Waals surface area contributed by atoms with E-state index in [1.54, 1.807) is 12.0 Å². The van der Waals surface area contributed by atoms with Crippen LogP contribution in [0.3, 0.4) is 0 Å². The molecule has 5 nitrogen and oxygen atoms in total. The average Bonchev–Trinajstić information content (AvgIpc) is 2.65. The molecule has 138 valence electrons. The fraction of sp³-hybridized carbons (Fsp3) is 0.333. The van der Waals surface area contributed by atoms with Gasteiger partial charge in [0.25, 0.3) is 0 Å². The fourth-order valence-corrected chi connectivity index (χ4v) is 2.67. The van der Waals surface area contributed by atoms with Crippen LogP contribution < -0.4 is 10.1 Å². The molecule has 0 saturated heterocycles. The minimum atomic E-state index is -0.111. The molecule has 0 spiro atoms. The topological polar surface area (TPSA) is 58.6 Å². The Morgan fingerprint density at radius 3 is 2.38 bits per heavy atom. The van der Waals surface area contributed by atoms with E-state index in [0.717, 1.165) is 23.4 Å². The number of aryl methyl sites for hydroxylation is 1. The SMILES string of the molecule is CCc1ccc(NC(=O)CCN(Cc2ccccc2OC)C(C)=O)cc1. The van der Waals surface area contributed by atoms with Gasteiger partial charge in [-0.2, -0.15) is 0 Å². The van der Waals surface area contributed by atoms with Gasteiger partial charge in [-0.05, 0) is 30.2 Å². The molecule has 5 heteroatoms. The molecule has 26 heavy (non-hydrogen) atoms. The van der Waals surface area contributed by atoms with Crippen molar-refractivity contribution in [2.45, 2.75) is 33.2 Å². The van der Waals surface area contributed by atoms with E-state index in [9.17, 15) is 9.59 Å². The highest BCUT2D eigenvalue weighted by molar-refractivity contribution is 5.91. The number of carbonyl (C=O) groups excluding carboxylic acids is 2. The first-order chi connectivity index (χ1) is 12.5. The molecular formula is C21H26N2O3. The summed E-state index contributed by atoms with van der Waals surface area (Å²) < 4.78 is 5.33. The Kier molecular flexibility index (Phi) is 7.21. The van der Waals surface area contributed by atoms with Gasteiger partial charge in [0, 0.05) is 37.7 Å². The van der Waals surface area contributed by atoms with E-state index in [1.165, 1.54) is 12.5 Å². The molecule has 0 heterocycles. The van der Waals surface area contributed by atoms with Gasteiger partial charge in [0.1, 0.15) is 5.75 Å². The van der Waals surface area contributed by atoms with Gasteiger partial charge in [-0.25, -0.2) is 0 Å². The van der Waals surface area contributed by atoms with Gasteiger partial charge in [-0.15, -0.1) is 0 Å². The molecule has 0 bridgehead atoms. The molecule has 0 atom stereocenters. The molecule has 0 saturated carbocycles. The van der Waals surface area contributed by atoms with Gasteiger partial charge in [0.05, 0.1) is 7.11 Å². The van der Waals surface area contributed by atoms with E-state index < -0.39 is 0 Å². The van der Waals surface area contributed by atoms with Gasteiger partial charge >= 0.3 is 0 Å². The van der Waals surface area contributed by atoms with Gasteiger partial charge in [-0.3, -0.25) is 9.59 Å². The summed E-state index contributed by atoms with van der Waals surface area (Å²) in [6, 6.07) is 15.4. The number of nitrogens with one attached hydrogen (secondary N) is 1. The first-order valence-electron chi connectivity index (χ1n) is 8.79. The van der Waals surface area contributed by atoms with Crippen LogP contribution in [0.4, 0.5) is 5.69 Å². The van der Waals surface area contributed by atoms with Gasteiger partial charge < -0.3 is 15.0 Å². The number of carbonyl (C=O) groups is 2.